The maximum atomic E-state index is 12.7. The number of methoxy groups -OCH3 is 1. The highest BCUT2D eigenvalue weighted by Gasteiger charge is 2.29. The van der Waals surface area contributed by atoms with E-state index in [0.717, 1.165) is 0 Å². The first kappa shape index (κ1) is 17.0. The Balaban J connectivity index is 1.64. The number of Topliss-reactive ketones (excluding diaryl/α,β-unsaturated/α-hetero) is 1. The minimum atomic E-state index is -0.181. The van der Waals surface area contributed by atoms with Crippen LogP contribution >= 0.6 is 0 Å². The number of aromatic hydroxyl groups is 1. The number of hydrogen-bond acceptors (Lipinski definition) is 4. The average molecular weight is 339 g/mol. The van der Waals surface area contributed by atoms with Crippen LogP contribution in [0.4, 0.5) is 0 Å². The van der Waals surface area contributed by atoms with Crippen molar-refractivity contribution in [3.05, 3.63) is 59.7 Å². The van der Waals surface area contributed by atoms with Crippen molar-refractivity contribution in [2.75, 3.05) is 20.2 Å². The van der Waals surface area contributed by atoms with Crippen molar-refractivity contribution in [2.24, 2.45) is 5.92 Å². The second-order valence-electron chi connectivity index (χ2n) is 6.18. The van der Waals surface area contributed by atoms with Gasteiger partial charge >= 0.3 is 0 Å². The second-order valence-corrected chi connectivity index (χ2v) is 6.18. The molecule has 0 aromatic heterocycles. The molecular weight excluding hydrogens is 318 g/mol. The fourth-order valence-corrected chi connectivity index (χ4v) is 3.17. The Morgan fingerprint density at radius 1 is 1.08 bits per heavy atom. The number of nitrogens with zero attached hydrogens (tertiary/aromatic N) is 1. The second kappa shape index (κ2) is 7.38. The molecule has 5 heteroatoms. The molecule has 0 bridgehead atoms. The van der Waals surface area contributed by atoms with Gasteiger partial charge in [0.05, 0.1) is 12.7 Å². The van der Waals surface area contributed by atoms with E-state index in [9.17, 15) is 14.7 Å². The van der Waals surface area contributed by atoms with Gasteiger partial charge in [-0.15, -0.1) is 0 Å². The van der Waals surface area contributed by atoms with Crippen LogP contribution in [0.2, 0.25) is 0 Å². The van der Waals surface area contributed by atoms with Gasteiger partial charge in [0.15, 0.2) is 5.78 Å². The van der Waals surface area contributed by atoms with Crippen molar-refractivity contribution in [1.29, 1.82) is 0 Å². The summed E-state index contributed by atoms with van der Waals surface area (Å²) in [7, 11) is 1.51. The predicted molar refractivity (Wildman–Crippen MR) is 94.1 cm³/mol. The zero-order valence-corrected chi connectivity index (χ0v) is 14.1. The molecule has 1 N–H and O–H groups in total. The molecule has 1 saturated heterocycles. The third kappa shape index (κ3) is 3.65. The summed E-state index contributed by atoms with van der Waals surface area (Å²) in [5, 5.41) is 10.0. The Kier molecular flexibility index (Phi) is 5.03. The van der Waals surface area contributed by atoms with Crippen molar-refractivity contribution in [2.45, 2.75) is 12.8 Å². The van der Waals surface area contributed by atoms with Gasteiger partial charge in [-0.05, 0) is 37.1 Å². The molecule has 1 aliphatic heterocycles. The zero-order valence-electron chi connectivity index (χ0n) is 14.1. The number of amides is 1. The van der Waals surface area contributed by atoms with E-state index in [2.05, 4.69) is 0 Å². The van der Waals surface area contributed by atoms with Gasteiger partial charge in [-0.25, -0.2) is 0 Å². The van der Waals surface area contributed by atoms with E-state index in [1.54, 1.807) is 29.2 Å². The normalized spacial score (nSPS) is 15.0. The van der Waals surface area contributed by atoms with Crippen LogP contribution in [-0.2, 0) is 0 Å². The molecular formula is C20H21NO4. The van der Waals surface area contributed by atoms with Gasteiger partial charge in [-0.3, -0.25) is 9.59 Å². The van der Waals surface area contributed by atoms with Crippen LogP contribution in [0.25, 0.3) is 0 Å². The van der Waals surface area contributed by atoms with Crippen molar-refractivity contribution < 1.29 is 19.4 Å². The van der Waals surface area contributed by atoms with Gasteiger partial charge in [0.2, 0.25) is 0 Å². The summed E-state index contributed by atoms with van der Waals surface area (Å²) < 4.78 is 5.04. The van der Waals surface area contributed by atoms with Gasteiger partial charge in [-0.2, -0.15) is 0 Å². The number of carbonyl (C=O) groups excluding carboxylic acids is 2. The summed E-state index contributed by atoms with van der Waals surface area (Å²) in [6.45, 7) is 1.09. The standard InChI is InChI=1S/C20H21NO4/c1-25-16-7-8-17(18(22)13-16)19(23)14-9-11-21(12-10-14)20(24)15-5-3-2-4-6-15/h2-8,13-14,22H,9-12H2,1H3. The van der Waals surface area contributed by atoms with E-state index < -0.39 is 0 Å². The Hall–Kier alpha value is -2.82. The SMILES string of the molecule is COc1ccc(C(=O)C2CCN(C(=O)c3ccccc3)CC2)c(O)c1. The average Bonchev–Trinajstić information content (AvgIpc) is 2.67. The minimum Gasteiger partial charge on any atom is -0.507 e. The number of phenols is 1. The monoisotopic (exact) mass is 339 g/mol. The number of rotatable bonds is 4. The van der Waals surface area contributed by atoms with Gasteiger partial charge in [0, 0.05) is 30.6 Å². The lowest BCUT2D eigenvalue weighted by Crippen LogP contribution is -2.40. The van der Waals surface area contributed by atoms with Crippen molar-refractivity contribution in [1.82, 2.24) is 4.90 Å². The lowest BCUT2D eigenvalue weighted by Gasteiger charge is -2.31. The molecule has 0 radical (unpaired) electrons. The molecule has 2 aromatic rings. The summed E-state index contributed by atoms with van der Waals surface area (Å²) in [5.41, 5.74) is 0.980. The summed E-state index contributed by atoms with van der Waals surface area (Å²) in [6, 6.07) is 13.9. The number of ketones is 1. The fraction of sp³-hybridized carbons (Fsp3) is 0.300. The number of carbonyl (C=O) groups is 2. The van der Waals surface area contributed by atoms with E-state index in [0.29, 0.717) is 42.8 Å². The number of phenolic OH excluding ortho intramolecular Hbond substituents is 1. The molecule has 0 atom stereocenters. The molecule has 3 rings (SSSR count). The molecule has 0 saturated carbocycles. The van der Waals surface area contributed by atoms with Crippen molar-refractivity contribution >= 4 is 11.7 Å². The summed E-state index contributed by atoms with van der Waals surface area (Å²) in [5.74, 6) is 0.189. The number of piperidine rings is 1. The molecule has 130 valence electrons. The minimum absolute atomic E-state index is 0.00112. The highest BCUT2D eigenvalue weighted by atomic mass is 16.5. The molecule has 1 fully saturated rings. The van der Waals surface area contributed by atoms with E-state index >= 15 is 0 Å². The molecule has 0 spiro atoms. The van der Waals surface area contributed by atoms with Crippen LogP contribution in [0, 0.1) is 5.92 Å². The summed E-state index contributed by atoms with van der Waals surface area (Å²) in [4.78, 5) is 26.9. The topological polar surface area (TPSA) is 66.8 Å². The summed E-state index contributed by atoms with van der Waals surface area (Å²) in [6.07, 6.45) is 1.20. The molecule has 2 aromatic carbocycles. The molecule has 1 heterocycles. The molecule has 25 heavy (non-hydrogen) atoms. The van der Waals surface area contributed by atoms with Gasteiger partial charge < -0.3 is 14.7 Å². The first-order valence-electron chi connectivity index (χ1n) is 8.35. The van der Waals surface area contributed by atoms with Gasteiger partial charge in [-0.1, -0.05) is 18.2 Å². The molecule has 1 aliphatic rings. The first-order chi connectivity index (χ1) is 12.1. The van der Waals surface area contributed by atoms with Crippen LogP contribution < -0.4 is 4.74 Å². The predicted octanol–water partition coefficient (Wildman–Crippen LogP) is 3.14. The number of ether oxygens (including phenoxy) is 1. The molecule has 0 unspecified atom stereocenters. The third-order valence-corrected chi connectivity index (χ3v) is 4.64. The lowest BCUT2D eigenvalue weighted by molar-refractivity contribution is 0.0649. The van der Waals surface area contributed by atoms with Crippen LogP contribution in [0.5, 0.6) is 11.5 Å². The van der Waals surface area contributed by atoms with Crippen molar-refractivity contribution in [3.63, 3.8) is 0 Å². The third-order valence-electron chi connectivity index (χ3n) is 4.64. The quantitative estimate of drug-likeness (QED) is 0.869. The van der Waals surface area contributed by atoms with Gasteiger partial charge in [0.1, 0.15) is 11.5 Å². The van der Waals surface area contributed by atoms with Crippen LogP contribution in [0.1, 0.15) is 33.6 Å². The highest BCUT2D eigenvalue weighted by molar-refractivity contribution is 6.00. The number of benzene rings is 2. The van der Waals surface area contributed by atoms with Crippen LogP contribution in [0.15, 0.2) is 48.5 Å². The van der Waals surface area contributed by atoms with Crippen LogP contribution in [0.3, 0.4) is 0 Å². The lowest BCUT2D eigenvalue weighted by atomic mass is 9.88. The maximum Gasteiger partial charge on any atom is 0.253 e. The maximum absolute atomic E-state index is 12.7. The Morgan fingerprint density at radius 3 is 2.36 bits per heavy atom. The van der Waals surface area contributed by atoms with Gasteiger partial charge in [0.25, 0.3) is 5.91 Å². The van der Waals surface area contributed by atoms with E-state index in [1.165, 1.54) is 13.2 Å². The Morgan fingerprint density at radius 2 is 1.76 bits per heavy atom. The molecule has 1 amide bonds. The molecule has 0 aliphatic carbocycles. The fourth-order valence-electron chi connectivity index (χ4n) is 3.17. The Bertz CT molecular complexity index is 765. The van der Waals surface area contributed by atoms with E-state index in [-0.39, 0.29) is 23.4 Å². The first-order valence-corrected chi connectivity index (χ1v) is 8.35. The van der Waals surface area contributed by atoms with Crippen molar-refractivity contribution in [3.8, 4) is 11.5 Å². The largest absolute Gasteiger partial charge is 0.507 e. The van der Waals surface area contributed by atoms with Crippen LogP contribution in [-0.4, -0.2) is 41.9 Å². The smallest absolute Gasteiger partial charge is 0.253 e. The molecule has 5 nitrogen and oxygen atoms in total. The number of hydrogen-bond donors (Lipinski definition) is 1. The zero-order chi connectivity index (χ0) is 17.8. The number of likely N-dealkylation sites (tertiary alicyclic amines) is 1. The van der Waals surface area contributed by atoms with E-state index in [1.807, 2.05) is 18.2 Å². The summed E-state index contributed by atoms with van der Waals surface area (Å²) >= 11 is 0. The Labute approximate surface area is 146 Å². The van der Waals surface area contributed by atoms with E-state index in [4.69, 9.17) is 4.74 Å². The highest BCUT2D eigenvalue weighted by Crippen LogP contribution is 2.29.